The normalized spacial score (nSPS) is 10.4. The number of nitrogens with two attached hydrogens (primary N) is 1. The van der Waals surface area contributed by atoms with Crippen LogP contribution >= 0.6 is 0 Å². The number of aromatic nitrogens is 1. The summed E-state index contributed by atoms with van der Waals surface area (Å²) in [5.74, 6) is 1.63. The van der Waals surface area contributed by atoms with Crippen LogP contribution in [0.3, 0.4) is 0 Å². The maximum absolute atomic E-state index is 5.87. The van der Waals surface area contributed by atoms with Gasteiger partial charge in [-0.25, -0.2) is 0 Å². The first-order valence-corrected chi connectivity index (χ1v) is 6.50. The number of hydrogen-bond donors (Lipinski definition) is 1. The number of ether oxygens (including phenoxy) is 2. The van der Waals surface area contributed by atoms with Gasteiger partial charge in [0, 0.05) is 23.5 Å². The first kappa shape index (κ1) is 14.2. The molecule has 0 aliphatic carbocycles. The van der Waals surface area contributed by atoms with E-state index in [-0.39, 0.29) is 0 Å². The van der Waals surface area contributed by atoms with Gasteiger partial charge >= 0.3 is 0 Å². The van der Waals surface area contributed by atoms with Gasteiger partial charge in [0.15, 0.2) is 0 Å². The van der Waals surface area contributed by atoms with Gasteiger partial charge in [0.1, 0.15) is 18.1 Å². The van der Waals surface area contributed by atoms with E-state index in [0.29, 0.717) is 6.61 Å². The fourth-order valence-corrected chi connectivity index (χ4v) is 2.01. The molecule has 0 spiro atoms. The topological polar surface area (TPSA) is 57.4 Å². The molecule has 20 heavy (non-hydrogen) atoms. The third kappa shape index (κ3) is 3.20. The Bertz CT molecular complexity index is 624. The van der Waals surface area contributed by atoms with Crippen molar-refractivity contribution in [1.29, 1.82) is 0 Å². The molecule has 2 rings (SSSR count). The summed E-state index contributed by atoms with van der Waals surface area (Å²) in [6.45, 7) is 6.29. The molecule has 0 atom stereocenters. The molecule has 0 saturated heterocycles. The summed E-state index contributed by atoms with van der Waals surface area (Å²) in [6, 6.07) is 7.65. The van der Waals surface area contributed by atoms with Crippen molar-refractivity contribution >= 4 is 5.69 Å². The standard InChI is InChI=1S/C16H20N2O2/c1-10-6-16(11(2)5-15(10)17)20-9-13-8-14(19-4)7-12(3)18-13/h5-8H,9,17H2,1-4H3. The molecule has 2 N–H and O–H groups in total. The van der Waals surface area contributed by atoms with Gasteiger partial charge in [0.2, 0.25) is 0 Å². The molecule has 0 radical (unpaired) electrons. The average molecular weight is 272 g/mol. The van der Waals surface area contributed by atoms with Gasteiger partial charge in [-0.2, -0.15) is 0 Å². The lowest BCUT2D eigenvalue weighted by Crippen LogP contribution is -2.02. The highest BCUT2D eigenvalue weighted by Crippen LogP contribution is 2.25. The first-order chi connectivity index (χ1) is 9.49. The zero-order valence-corrected chi connectivity index (χ0v) is 12.4. The van der Waals surface area contributed by atoms with Crippen LogP contribution in [0.4, 0.5) is 5.69 Å². The number of methoxy groups -OCH3 is 1. The van der Waals surface area contributed by atoms with Crippen molar-refractivity contribution in [3.05, 3.63) is 46.8 Å². The van der Waals surface area contributed by atoms with Crippen molar-refractivity contribution < 1.29 is 9.47 Å². The minimum Gasteiger partial charge on any atom is -0.497 e. The van der Waals surface area contributed by atoms with Gasteiger partial charge < -0.3 is 15.2 Å². The Kier molecular flexibility index (Phi) is 4.13. The molecule has 0 aliphatic rings. The van der Waals surface area contributed by atoms with E-state index in [1.165, 1.54) is 0 Å². The van der Waals surface area contributed by atoms with Gasteiger partial charge in [-0.1, -0.05) is 0 Å². The van der Waals surface area contributed by atoms with Crippen molar-refractivity contribution in [1.82, 2.24) is 4.98 Å². The fourth-order valence-electron chi connectivity index (χ4n) is 2.01. The maximum Gasteiger partial charge on any atom is 0.130 e. The molecule has 0 bridgehead atoms. The Morgan fingerprint density at radius 3 is 2.50 bits per heavy atom. The third-order valence-electron chi connectivity index (χ3n) is 3.15. The second kappa shape index (κ2) is 5.82. The summed E-state index contributed by atoms with van der Waals surface area (Å²) in [6.07, 6.45) is 0. The van der Waals surface area contributed by atoms with Crippen molar-refractivity contribution in [2.24, 2.45) is 0 Å². The summed E-state index contributed by atoms with van der Waals surface area (Å²) in [5, 5.41) is 0. The van der Waals surface area contributed by atoms with Crippen LogP contribution in [0.25, 0.3) is 0 Å². The predicted molar refractivity (Wildman–Crippen MR) is 80.2 cm³/mol. The molecule has 0 amide bonds. The number of nitrogen functional groups attached to an aromatic ring is 1. The number of rotatable bonds is 4. The second-order valence-electron chi connectivity index (χ2n) is 4.90. The third-order valence-corrected chi connectivity index (χ3v) is 3.15. The number of hydrogen-bond acceptors (Lipinski definition) is 4. The zero-order chi connectivity index (χ0) is 14.7. The van der Waals surface area contributed by atoms with Gasteiger partial charge in [-0.05, 0) is 44.0 Å². The average Bonchev–Trinajstić information content (AvgIpc) is 2.40. The summed E-state index contributed by atoms with van der Waals surface area (Å²) >= 11 is 0. The first-order valence-electron chi connectivity index (χ1n) is 6.50. The molecular formula is C16H20N2O2. The molecule has 4 nitrogen and oxygen atoms in total. The number of pyridine rings is 1. The minimum atomic E-state index is 0.405. The van der Waals surface area contributed by atoms with Crippen molar-refractivity contribution in [2.75, 3.05) is 12.8 Å². The summed E-state index contributed by atoms with van der Waals surface area (Å²) in [5.41, 5.74) is 10.4. The summed E-state index contributed by atoms with van der Waals surface area (Å²) < 4.78 is 11.1. The van der Waals surface area contributed by atoms with Crippen molar-refractivity contribution in [2.45, 2.75) is 27.4 Å². The van der Waals surface area contributed by atoms with Crippen LogP contribution < -0.4 is 15.2 Å². The number of nitrogens with zero attached hydrogens (tertiary/aromatic N) is 1. The SMILES string of the molecule is COc1cc(C)nc(COc2cc(C)c(N)cc2C)c1. The fraction of sp³-hybridized carbons (Fsp3) is 0.312. The molecule has 0 fully saturated rings. The number of aryl methyl sites for hydroxylation is 3. The van der Waals surface area contributed by atoms with Crippen LogP contribution in [-0.2, 0) is 6.61 Å². The lowest BCUT2D eigenvalue weighted by Gasteiger charge is -2.12. The highest BCUT2D eigenvalue weighted by molar-refractivity contribution is 5.53. The van der Waals surface area contributed by atoms with E-state index in [9.17, 15) is 0 Å². The summed E-state index contributed by atoms with van der Waals surface area (Å²) in [4.78, 5) is 4.44. The molecule has 0 unspecified atom stereocenters. The molecule has 1 heterocycles. The maximum atomic E-state index is 5.87. The largest absolute Gasteiger partial charge is 0.497 e. The Morgan fingerprint density at radius 1 is 1.05 bits per heavy atom. The van der Waals surface area contributed by atoms with E-state index in [4.69, 9.17) is 15.2 Å². The van der Waals surface area contributed by atoms with Crippen LogP contribution in [0.2, 0.25) is 0 Å². The van der Waals surface area contributed by atoms with E-state index in [1.54, 1.807) is 7.11 Å². The van der Waals surface area contributed by atoms with Crippen LogP contribution in [0.5, 0.6) is 11.5 Å². The molecular weight excluding hydrogens is 252 g/mol. The Hall–Kier alpha value is -2.23. The molecule has 0 saturated carbocycles. The van der Waals surface area contributed by atoms with Crippen LogP contribution in [0, 0.1) is 20.8 Å². The van der Waals surface area contributed by atoms with E-state index in [1.807, 2.05) is 45.0 Å². The molecule has 106 valence electrons. The van der Waals surface area contributed by atoms with Gasteiger partial charge in [0.25, 0.3) is 0 Å². The number of benzene rings is 1. The molecule has 1 aromatic heterocycles. The monoisotopic (exact) mass is 272 g/mol. The van der Waals surface area contributed by atoms with E-state index in [0.717, 1.165) is 39.7 Å². The zero-order valence-electron chi connectivity index (χ0n) is 12.4. The van der Waals surface area contributed by atoms with E-state index in [2.05, 4.69) is 4.98 Å². The Balaban J connectivity index is 2.16. The smallest absolute Gasteiger partial charge is 0.130 e. The lowest BCUT2D eigenvalue weighted by atomic mass is 10.1. The minimum absolute atomic E-state index is 0.405. The van der Waals surface area contributed by atoms with Gasteiger partial charge in [0.05, 0.1) is 12.8 Å². The van der Waals surface area contributed by atoms with Gasteiger partial charge in [-0.3, -0.25) is 4.98 Å². The number of anilines is 1. The molecule has 0 aliphatic heterocycles. The summed E-state index contributed by atoms with van der Waals surface area (Å²) in [7, 11) is 1.65. The second-order valence-corrected chi connectivity index (χ2v) is 4.90. The molecule has 1 aromatic carbocycles. The van der Waals surface area contributed by atoms with Crippen LogP contribution in [-0.4, -0.2) is 12.1 Å². The van der Waals surface area contributed by atoms with Gasteiger partial charge in [-0.15, -0.1) is 0 Å². The Morgan fingerprint density at radius 2 is 1.80 bits per heavy atom. The van der Waals surface area contributed by atoms with E-state index < -0.39 is 0 Å². The molecule has 2 aromatic rings. The van der Waals surface area contributed by atoms with Crippen LogP contribution in [0.1, 0.15) is 22.5 Å². The van der Waals surface area contributed by atoms with Crippen molar-refractivity contribution in [3.8, 4) is 11.5 Å². The lowest BCUT2D eigenvalue weighted by molar-refractivity contribution is 0.297. The Labute approximate surface area is 119 Å². The van der Waals surface area contributed by atoms with Crippen LogP contribution in [0.15, 0.2) is 24.3 Å². The quantitative estimate of drug-likeness (QED) is 0.868. The highest BCUT2D eigenvalue weighted by Gasteiger charge is 2.06. The predicted octanol–water partition coefficient (Wildman–Crippen LogP) is 3.18. The van der Waals surface area contributed by atoms with Crippen molar-refractivity contribution in [3.63, 3.8) is 0 Å². The molecule has 4 heteroatoms. The van der Waals surface area contributed by atoms with E-state index >= 15 is 0 Å². The highest BCUT2D eigenvalue weighted by atomic mass is 16.5.